The third-order valence-corrected chi connectivity index (χ3v) is 5.66. The molecule has 0 saturated heterocycles. The molecule has 0 saturated carbocycles. The van der Waals surface area contributed by atoms with Crippen LogP contribution in [0.1, 0.15) is 36.4 Å². The number of benzene rings is 2. The van der Waals surface area contributed by atoms with E-state index in [2.05, 4.69) is 59.7 Å². The summed E-state index contributed by atoms with van der Waals surface area (Å²) in [5, 5.41) is 6.88. The first-order chi connectivity index (χ1) is 15.4. The van der Waals surface area contributed by atoms with Gasteiger partial charge in [0.2, 0.25) is 0 Å². The van der Waals surface area contributed by atoms with E-state index in [0.717, 1.165) is 41.7 Å². The lowest BCUT2D eigenvalue weighted by atomic mass is 9.98. The normalized spacial score (nSPS) is 13.4. The third-order valence-electron chi connectivity index (χ3n) is 5.66. The molecule has 7 nitrogen and oxygen atoms in total. The number of aliphatic imine (C=N–C) groups is 1. The molecule has 176 valence electrons. The lowest BCUT2D eigenvalue weighted by Crippen LogP contribution is -2.42. The van der Waals surface area contributed by atoms with E-state index in [0.29, 0.717) is 12.5 Å². The first-order valence-electron chi connectivity index (χ1n) is 10.9. The molecular weight excluding hydrogens is 404 g/mol. The average molecular weight is 443 g/mol. The Morgan fingerprint density at radius 3 is 2.12 bits per heavy atom. The molecule has 2 N–H and O–H groups in total. The first-order valence-corrected chi connectivity index (χ1v) is 10.9. The number of likely N-dealkylation sites (N-methyl/N-ethyl adjacent to an activating group) is 1. The Kier molecular flexibility index (Phi) is 10.1. The van der Waals surface area contributed by atoms with Crippen molar-refractivity contribution in [1.82, 2.24) is 15.5 Å². The molecule has 0 radical (unpaired) electrons. The zero-order valence-corrected chi connectivity index (χ0v) is 20.4. The molecule has 32 heavy (non-hydrogen) atoms. The number of rotatable bonds is 11. The predicted molar refractivity (Wildman–Crippen MR) is 131 cm³/mol. The Balaban J connectivity index is 1.91. The fourth-order valence-corrected chi connectivity index (χ4v) is 3.58. The Bertz CT molecular complexity index is 853. The maximum absolute atomic E-state index is 5.47. The molecule has 0 spiro atoms. The lowest BCUT2D eigenvalue weighted by molar-refractivity contribution is 0.295. The molecule has 0 aliphatic carbocycles. The number of hydrogen-bond donors (Lipinski definition) is 2. The maximum atomic E-state index is 5.47. The molecule has 0 bridgehead atoms. The van der Waals surface area contributed by atoms with Gasteiger partial charge >= 0.3 is 0 Å². The second-order valence-electron chi connectivity index (χ2n) is 7.94. The van der Waals surface area contributed by atoms with Crippen molar-refractivity contribution in [2.45, 2.75) is 25.3 Å². The first kappa shape index (κ1) is 25.3. The summed E-state index contributed by atoms with van der Waals surface area (Å²) >= 11 is 0. The highest BCUT2D eigenvalue weighted by Gasteiger charge is 2.17. The van der Waals surface area contributed by atoms with Gasteiger partial charge in [-0.05, 0) is 61.8 Å². The van der Waals surface area contributed by atoms with Gasteiger partial charge in [-0.3, -0.25) is 4.99 Å². The van der Waals surface area contributed by atoms with Gasteiger partial charge in [-0.15, -0.1) is 0 Å². The maximum Gasteiger partial charge on any atom is 0.191 e. The molecule has 7 heteroatoms. The van der Waals surface area contributed by atoms with Gasteiger partial charge < -0.3 is 29.7 Å². The molecule has 2 atom stereocenters. The Hall–Kier alpha value is -2.93. The van der Waals surface area contributed by atoms with E-state index >= 15 is 0 Å². The van der Waals surface area contributed by atoms with E-state index in [4.69, 9.17) is 14.2 Å². The number of nitrogens with one attached hydrogen (secondary N) is 2. The summed E-state index contributed by atoms with van der Waals surface area (Å²) in [5.41, 5.74) is 2.44. The van der Waals surface area contributed by atoms with Crippen LogP contribution in [0, 0.1) is 0 Å². The minimum absolute atomic E-state index is 0.145. The minimum atomic E-state index is 0.145. The summed E-state index contributed by atoms with van der Waals surface area (Å²) in [6, 6.07) is 14.5. The monoisotopic (exact) mass is 442 g/mol. The van der Waals surface area contributed by atoms with Gasteiger partial charge in [0.25, 0.3) is 0 Å². The molecule has 0 aromatic heterocycles. The van der Waals surface area contributed by atoms with E-state index in [-0.39, 0.29) is 6.04 Å². The summed E-state index contributed by atoms with van der Waals surface area (Å²) in [6.07, 6.45) is 1.000. The summed E-state index contributed by atoms with van der Waals surface area (Å²) < 4.78 is 16.1. The summed E-state index contributed by atoms with van der Waals surface area (Å²) in [7, 11) is 10.9. The van der Waals surface area contributed by atoms with Gasteiger partial charge in [0, 0.05) is 20.1 Å². The van der Waals surface area contributed by atoms with Crippen molar-refractivity contribution in [3.05, 3.63) is 53.6 Å². The van der Waals surface area contributed by atoms with Gasteiger partial charge in [0.05, 0.1) is 27.4 Å². The summed E-state index contributed by atoms with van der Waals surface area (Å²) in [5.74, 6) is 3.57. The van der Waals surface area contributed by atoms with Crippen molar-refractivity contribution in [3.63, 3.8) is 0 Å². The molecule has 2 rings (SSSR count). The van der Waals surface area contributed by atoms with E-state index in [9.17, 15) is 0 Å². The van der Waals surface area contributed by atoms with Crippen molar-refractivity contribution >= 4 is 5.96 Å². The smallest absolute Gasteiger partial charge is 0.191 e. The van der Waals surface area contributed by atoms with Crippen LogP contribution in [0.25, 0.3) is 0 Å². The number of hydrogen-bond acceptors (Lipinski definition) is 5. The van der Waals surface area contributed by atoms with Crippen LogP contribution < -0.4 is 24.8 Å². The zero-order chi connectivity index (χ0) is 23.5. The number of ether oxygens (including phenoxy) is 3. The fourth-order valence-electron chi connectivity index (χ4n) is 3.58. The van der Waals surface area contributed by atoms with E-state index in [1.165, 1.54) is 5.56 Å². The van der Waals surface area contributed by atoms with Crippen LogP contribution in [0.5, 0.6) is 17.2 Å². The molecule has 0 amide bonds. The lowest BCUT2D eigenvalue weighted by Gasteiger charge is -2.26. The molecule has 0 aliphatic heterocycles. The number of nitrogens with zero attached hydrogens (tertiary/aromatic N) is 2. The Labute approximate surface area is 192 Å². The molecule has 0 fully saturated rings. The SMILES string of the molecule is CN=C(NCCC(C)c1ccc(OC)cc1)NCC(c1ccc(OC)c(OC)c1)N(C)C. The van der Waals surface area contributed by atoms with Gasteiger partial charge in [0.1, 0.15) is 5.75 Å². The Morgan fingerprint density at radius 1 is 0.906 bits per heavy atom. The number of methoxy groups -OCH3 is 3. The molecular formula is C25H38N4O3. The van der Waals surface area contributed by atoms with Crippen LogP contribution in [0.2, 0.25) is 0 Å². The highest BCUT2D eigenvalue weighted by atomic mass is 16.5. The quantitative estimate of drug-likeness (QED) is 0.409. The van der Waals surface area contributed by atoms with E-state index in [1.54, 1.807) is 28.4 Å². The molecule has 2 unspecified atom stereocenters. The molecule has 2 aromatic rings. The summed E-state index contributed by atoms with van der Waals surface area (Å²) in [6.45, 7) is 3.77. The van der Waals surface area contributed by atoms with Gasteiger partial charge in [0.15, 0.2) is 17.5 Å². The van der Waals surface area contributed by atoms with Crippen LogP contribution in [0.4, 0.5) is 0 Å². The summed E-state index contributed by atoms with van der Waals surface area (Å²) in [4.78, 5) is 6.55. The zero-order valence-electron chi connectivity index (χ0n) is 20.4. The topological polar surface area (TPSA) is 67.4 Å². The second-order valence-corrected chi connectivity index (χ2v) is 7.94. The second kappa shape index (κ2) is 12.8. The van der Waals surface area contributed by atoms with Gasteiger partial charge in [-0.25, -0.2) is 0 Å². The van der Waals surface area contributed by atoms with Crippen molar-refractivity contribution in [2.24, 2.45) is 4.99 Å². The highest BCUT2D eigenvalue weighted by Crippen LogP contribution is 2.31. The number of guanidine groups is 1. The minimum Gasteiger partial charge on any atom is -0.497 e. The van der Waals surface area contributed by atoms with Crippen molar-refractivity contribution in [3.8, 4) is 17.2 Å². The van der Waals surface area contributed by atoms with Crippen LogP contribution in [-0.2, 0) is 0 Å². The highest BCUT2D eigenvalue weighted by molar-refractivity contribution is 5.79. The van der Waals surface area contributed by atoms with Crippen molar-refractivity contribution in [2.75, 3.05) is 55.6 Å². The molecule has 0 aliphatic rings. The average Bonchev–Trinajstić information content (AvgIpc) is 2.82. The molecule has 2 aromatic carbocycles. The fraction of sp³-hybridized carbons (Fsp3) is 0.480. The van der Waals surface area contributed by atoms with Crippen LogP contribution in [0.15, 0.2) is 47.5 Å². The predicted octanol–water partition coefficient (Wildman–Crippen LogP) is 3.67. The van der Waals surface area contributed by atoms with E-state index in [1.807, 2.05) is 24.3 Å². The standard InChI is InChI=1S/C25H38N4O3/c1-18(19-8-11-21(30-5)12-9-19)14-15-27-25(26-2)28-17-22(29(3)4)20-10-13-23(31-6)24(16-20)32-7/h8-13,16,18,22H,14-15,17H2,1-7H3,(H2,26,27,28). The third kappa shape index (κ3) is 7.05. The van der Waals surface area contributed by atoms with Crippen LogP contribution >= 0.6 is 0 Å². The largest absolute Gasteiger partial charge is 0.497 e. The van der Waals surface area contributed by atoms with E-state index < -0.39 is 0 Å². The van der Waals surface area contributed by atoms with Gasteiger partial charge in [-0.2, -0.15) is 0 Å². The van der Waals surface area contributed by atoms with Crippen LogP contribution in [-0.4, -0.2) is 66.4 Å². The molecule has 0 heterocycles. The van der Waals surface area contributed by atoms with Crippen molar-refractivity contribution in [1.29, 1.82) is 0 Å². The van der Waals surface area contributed by atoms with Crippen LogP contribution in [0.3, 0.4) is 0 Å². The Morgan fingerprint density at radius 2 is 1.56 bits per heavy atom. The van der Waals surface area contributed by atoms with Gasteiger partial charge in [-0.1, -0.05) is 25.1 Å². The van der Waals surface area contributed by atoms with Crippen molar-refractivity contribution < 1.29 is 14.2 Å².